The van der Waals surface area contributed by atoms with Crippen molar-refractivity contribution in [2.24, 2.45) is 0 Å². The van der Waals surface area contributed by atoms with E-state index in [1.54, 1.807) is 0 Å². The average Bonchev–Trinajstić information content (AvgIpc) is 2.67. The van der Waals surface area contributed by atoms with Crippen molar-refractivity contribution in [3.8, 4) is 0 Å². The van der Waals surface area contributed by atoms with E-state index in [2.05, 4.69) is 6.58 Å². The standard InChI is InChI=1S/C18H17NO/c1-14-8-7-13-19(17-12-6-5-11-16(14)17)18(20)15-9-3-2-4-10-15/h2-6,9-12H,1,7-8,13H2. The van der Waals surface area contributed by atoms with Crippen molar-refractivity contribution < 1.29 is 4.79 Å². The molecule has 2 aromatic rings. The number of rotatable bonds is 1. The lowest BCUT2D eigenvalue weighted by molar-refractivity contribution is 0.0987. The molecule has 1 aliphatic heterocycles. The molecule has 1 heterocycles. The zero-order chi connectivity index (χ0) is 13.9. The van der Waals surface area contributed by atoms with E-state index in [1.165, 1.54) is 0 Å². The number of allylic oxidation sites excluding steroid dienone is 1. The first-order valence-electron chi connectivity index (χ1n) is 6.91. The molecular weight excluding hydrogens is 246 g/mol. The van der Waals surface area contributed by atoms with Crippen molar-refractivity contribution in [2.75, 3.05) is 11.4 Å². The Bertz CT molecular complexity index is 645. The van der Waals surface area contributed by atoms with Crippen LogP contribution in [0.4, 0.5) is 5.69 Å². The summed E-state index contributed by atoms with van der Waals surface area (Å²) in [6.45, 7) is 4.88. The minimum Gasteiger partial charge on any atom is -0.308 e. The highest BCUT2D eigenvalue weighted by molar-refractivity contribution is 6.07. The molecule has 0 N–H and O–H groups in total. The van der Waals surface area contributed by atoms with Gasteiger partial charge in [-0.2, -0.15) is 0 Å². The number of hydrogen-bond donors (Lipinski definition) is 0. The predicted molar refractivity (Wildman–Crippen MR) is 82.8 cm³/mol. The number of fused-ring (bicyclic) bond motifs is 1. The Labute approximate surface area is 119 Å². The molecule has 2 nitrogen and oxygen atoms in total. The van der Waals surface area contributed by atoms with E-state index in [9.17, 15) is 4.79 Å². The third kappa shape index (κ3) is 2.25. The molecule has 1 amide bonds. The van der Waals surface area contributed by atoms with E-state index >= 15 is 0 Å². The van der Waals surface area contributed by atoms with E-state index < -0.39 is 0 Å². The fourth-order valence-electron chi connectivity index (χ4n) is 2.66. The molecule has 20 heavy (non-hydrogen) atoms. The Kier molecular flexibility index (Phi) is 3.38. The lowest BCUT2D eigenvalue weighted by Crippen LogP contribution is -2.31. The summed E-state index contributed by atoms with van der Waals surface area (Å²) in [6, 6.07) is 17.5. The number of carbonyl (C=O) groups is 1. The number of carbonyl (C=O) groups excluding carboxylic acids is 1. The van der Waals surface area contributed by atoms with Crippen LogP contribution in [-0.4, -0.2) is 12.5 Å². The lowest BCUT2D eigenvalue weighted by atomic mass is 10.0. The first-order chi connectivity index (χ1) is 9.77. The van der Waals surface area contributed by atoms with Crippen LogP contribution in [0.1, 0.15) is 28.8 Å². The molecule has 0 unspecified atom stereocenters. The van der Waals surface area contributed by atoms with Gasteiger partial charge in [0.25, 0.3) is 5.91 Å². The second-order valence-electron chi connectivity index (χ2n) is 5.05. The number of nitrogens with zero attached hydrogens (tertiary/aromatic N) is 1. The normalized spacial score (nSPS) is 14.6. The second kappa shape index (κ2) is 5.33. The Hall–Kier alpha value is -2.35. The summed E-state index contributed by atoms with van der Waals surface area (Å²) in [4.78, 5) is 14.6. The fraction of sp³-hybridized carbons (Fsp3) is 0.167. The minimum atomic E-state index is 0.0627. The molecule has 2 heteroatoms. The van der Waals surface area contributed by atoms with Crippen molar-refractivity contribution >= 4 is 17.2 Å². The van der Waals surface area contributed by atoms with E-state index in [0.29, 0.717) is 0 Å². The maximum absolute atomic E-state index is 12.7. The molecule has 100 valence electrons. The fourth-order valence-corrected chi connectivity index (χ4v) is 2.66. The maximum Gasteiger partial charge on any atom is 0.258 e. The topological polar surface area (TPSA) is 20.3 Å². The van der Waals surface area contributed by atoms with Crippen LogP contribution in [0.3, 0.4) is 0 Å². The van der Waals surface area contributed by atoms with Gasteiger partial charge in [-0.25, -0.2) is 0 Å². The van der Waals surface area contributed by atoms with Crippen molar-refractivity contribution in [2.45, 2.75) is 12.8 Å². The molecule has 1 aliphatic rings. The highest BCUT2D eigenvalue weighted by atomic mass is 16.2. The van der Waals surface area contributed by atoms with Crippen LogP contribution in [0, 0.1) is 0 Å². The van der Waals surface area contributed by atoms with Crippen LogP contribution in [-0.2, 0) is 0 Å². The van der Waals surface area contributed by atoms with Gasteiger partial charge in [0.1, 0.15) is 0 Å². The first-order valence-corrected chi connectivity index (χ1v) is 6.91. The second-order valence-corrected chi connectivity index (χ2v) is 5.05. The smallest absolute Gasteiger partial charge is 0.258 e. The molecule has 3 rings (SSSR count). The SMILES string of the molecule is C=C1CCCN(C(=O)c2ccccc2)c2ccccc21. The number of anilines is 1. The van der Waals surface area contributed by atoms with Gasteiger partial charge in [0.15, 0.2) is 0 Å². The van der Waals surface area contributed by atoms with Crippen LogP contribution in [0.15, 0.2) is 61.2 Å². The van der Waals surface area contributed by atoms with Crippen molar-refractivity contribution in [3.05, 3.63) is 72.3 Å². The average molecular weight is 263 g/mol. The van der Waals surface area contributed by atoms with Crippen LogP contribution >= 0.6 is 0 Å². The third-order valence-corrected chi connectivity index (χ3v) is 3.70. The summed E-state index contributed by atoms with van der Waals surface area (Å²) in [6.07, 6.45) is 1.89. The monoisotopic (exact) mass is 263 g/mol. The Morgan fingerprint density at radius 1 is 1.00 bits per heavy atom. The summed E-state index contributed by atoms with van der Waals surface area (Å²) in [5, 5.41) is 0. The molecular formula is C18H17NO. The molecule has 0 aliphatic carbocycles. The Morgan fingerprint density at radius 2 is 1.70 bits per heavy atom. The van der Waals surface area contributed by atoms with E-state index in [0.717, 1.165) is 41.8 Å². The molecule has 2 aromatic carbocycles. The molecule has 0 aromatic heterocycles. The molecule has 0 saturated heterocycles. The van der Waals surface area contributed by atoms with Gasteiger partial charge >= 0.3 is 0 Å². The molecule has 0 saturated carbocycles. The van der Waals surface area contributed by atoms with Gasteiger partial charge in [-0.05, 0) is 36.6 Å². The summed E-state index contributed by atoms with van der Waals surface area (Å²) in [7, 11) is 0. The van der Waals surface area contributed by atoms with Gasteiger partial charge in [0.05, 0.1) is 5.69 Å². The Balaban J connectivity index is 2.04. The van der Waals surface area contributed by atoms with Crippen molar-refractivity contribution in [3.63, 3.8) is 0 Å². The minimum absolute atomic E-state index is 0.0627. The number of amides is 1. The van der Waals surface area contributed by atoms with Crippen LogP contribution < -0.4 is 4.90 Å². The zero-order valence-electron chi connectivity index (χ0n) is 11.4. The van der Waals surface area contributed by atoms with E-state index in [-0.39, 0.29) is 5.91 Å². The van der Waals surface area contributed by atoms with Crippen LogP contribution in [0.2, 0.25) is 0 Å². The van der Waals surface area contributed by atoms with Gasteiger partial charge in [0.2, 0.25) is 0 Å². The predicted octanol–water partition coefficient (Wildman–Crippen LogP) is 4.14. The van der Waals surface area contributed by atoms with Gasteiger partial charge < -0.3 is 4.90 Å². The molecule has 0 radical (unpaired) electrons. The largest absolute Gasteiger partial charge is 0.308 e. The summed E-state index contributed by atoms with van der Waals surface area (Å²) < 4.78 is 0. The quantitative estimate of drug-likeness (QED) is 0.757. The molecule has 0 spiro atoms. The van der Waals surface area contributed by atoms with E-state index in [4.69, 9.17) is 0 Å². The van der Waals surface area contributed by atoms with Gasteiger partial charge in [0, 0.05) is 17.7 Å². The van der Waals surface area contributed by atoms with Crippen LogP contribution in [0.5, 0.6) is 0 Å². The molecule has 0 bridgehead atoms. The van der Waals surface area contributed by atoms with Crippen LogP contribution in [0.25, 0.3) is 5.57 Å². The summed E-state index contributed by atoms with van der Waals surface area (Å²) in [5.74, 6) is 0.0627. The highest BCUT2D eigenvalue weighted by Gasteiger charge is 2.23. The lowest BCUT2D eigenvalue weighted by Gasteiger charge is -2.23. The highest BCUT2D eigenvalue weighted by Crippen LogP contribution is 2.33. The Morgan fingerprint density at radius 3 is 2.50 bits per heavy atom. The maximum atomic E-state index is 12.7. The summed E-state index contributed by atoms with van der Waals surface area (Å²) >= 11 is 0. The van der Waals surface area contributed by atoms with Crippen molar-refractivity contribution in [1.82, 2.24) is 0 Å². The number of para-hydroxylation sites is 1. The van der Waals surface area contributed by atoms with E-state index in [1.807, 2.05) is 59.5 Å². The van der Waals surface area contributed by atoms with Gasteiger partial charge in [-0.1, -0.05) is 43.0 Å². The van der Waals surface area contributed by atoms with Gasteiger partial charge in [-0.15, -0.1) is 0 Å². The zero-order valence-corrected chi connectivity index (χ0v) is 11.4. The molecule has 0 fully saturated rings. The first kappa shape index (κ1) is 12.7. The van der Waals surface area contributed by atoms with Crippen molar-refractivity contribution in [1.29, 1.82) is 0 Å². The van der Waals surface area contributed by atoms with Gasteiger partial charge in [-0.3, -0.25) is 4.79 Å². The number of benzene rings is 2. The third-order valence-electron chi connectivity index (χ3n) is 3.70. The number of hydrogen-bond acceptors (Lipinski definition) is 1. The summed E-state index contributed by atoms with van der Waals surface area (Å²) in [5.41, 5.74) is 3.91. The molecule has 0 atom stereocenters.